The van der Waals surface area contributed by atoms with Crippen LogP contribution in [0.1, 0.15) is 45.4 Å². The number of aromatic amines is 1. The van der Waals surface area contributed by atoms with E-state index in [9.17, 15) is 4.79 Å². The molecule has 1 fully saturated rings. The molecule has 1 aromatic heterocycles. The van der Waals surface area contributed by atoms with Crippen molar-refractivity contribution in [2.75, 3.05) is 7.11 Å². The molecule has 6 heteroatoms. The van der Waals surface area contributed by atoms with Gasteiger partial charge in [-0.05, 0) is 31.9 Å². The highest BCUT2D eigenvalue weighted by Crippen LogP contribution is 2.26. The molecule has 2 N–H and O–H groups in total. The molecule has 0 radical (unpaired) electrons. The van der Waals surface area contributed by atoms with E-state index in [0.29, 0.717) is 6.04 Å². The van der Waals surface area contributed by atoms with Crippen LogP contribution in [-0.2, 0) is 4.79 Å². The summed E-state index contributed by atoms with van der Waals surface area (Å²) in [6.45, 7) is 1.93. The first-order valence-electron chi connectivity index (χ1n) is 8.66. The number of rotatable bonds is 5. The maximum atomic E-state index is 12.4. The van der Waals surface area contributed by atoms with Crippen LogP contribution in [0.25, 0.3) is 11.0 Å². The largest absolute Gasteiger partial charge is 0.497 e. The smallest absolute Gasteiger partial charge is 0.233 e. The molecule has 0 aliphatic heterocycles. The van der Waals surface area contributed by atoms with Crippen molar-refractivity contribution >= 4 is 28.7 Å². The van der Waals surface area contributed by atoms with Gasteiger partial charge in [0.25, 0.3) is 0 Å². The highest BCUT2D eigenvalue weighted by molar-refractivity contribution is 8.00. The lowest BCUT2D eigenvalue weighted by molar-refractivity contribution is -0.121. The topological polar surface area (TPSA) is 67.0 Å². The van der Waals surface area contributed by atoms with Gasteiger partial charge in [-0.1, -0.05) is 37.4 Å². The van der Waals surface area contributed by atoms with Crippen molar-refractivity contribution in [3.05, 3.63) is 18.2 Å². The number of aromatic nitrogens is 2. The molecule has 1 unspecified atom stereocenters. The highest BCUT2D eigenvalue weighted by atomic mass is 32.2. The molecule has 1 atom stereocenters. The number of fused-ring (bicyclic) bond motifs is 1. The Morgan fingerprint density at radius 1 is 1.33 bits per heavy atom. The van der Waals surface area contributed by atoms with E-state index in [0.717, 1.165) is 34.8 Å². The minimum absolute atomic E-state index is 0.102. The molecular weight excluding hydrogens is 322 g/mol. The van der Waals surface area contributed by atoms with Gasteiger partial charge in [0.2, 0.25) is 5.91 Å². The fourth-order valence-corrected chi connectivity index (χ4v) is 3.94. The molecule has 1 aliphatic rings. The van der Waals surface area contributed by atoms with Crippen LogP contribution in [-0.4, -0.2) is 34.3 Å². The molecule has 2 aromatic rings. The van der Waals surface area contributed by atoms with Crippen molar-refractivity contribution in [1.29, 1.82) is 0 Å². The van der Waals surface area contributed by atoms with Crippen molar-refractivity contribution < 1.29 is 9.53 Å². The lowest BCUT2D eigenvalue weighted by Crippen LogP contribution is -2.39. The molecule has 1 aromatic carbocycles. The number of thioether (sulfide) groups is 1. The number of carbonyl (C=O) groups excluding carboxylic acids is 1. The zero-order valence-corrected chi connectivity index (χ0v) is 15.1. The van der Waals surface area contributed by atoms with Crippen LogP contribution in [0.4, 0.5) is 0 Å². The Labute approximate surface area is 146 Å². The molecule has 0 spiro atoms. The van der Waals surface area contributed by atoms with Crippen LogP contribution in [0.5, 0.6) is 5.75 Å². The van der Waals surface area contributed by atoms with Gasteiger partial charge in [-0.25, -0.2) is 4.98 Å². The van der Waals surface area contributed by atoms with Crippen LogP contribution in [0.2, 0.25) is 0 Å². The number of nitrogens with one attached hydrogen (secondary N) is 2. The van der Waals surface area contributed by atoms with Crippen LogP contribution in [0, 0.1) is 0 Å². The molecule has 5 nitrogen and oxygen atoms in total. The zero-order chi connectivity index (χ0) is 16.9. The first-order valence-corrected chi connectivity index (χ1v) is 9.54. The van der Waals surface area contributed by atoms with Crippen LogP contribution in [0.15, 0.2) is 23.4 Å². The standard InChI is InChI=1S/C18H25N3O2S/c1-12(17(22)19-13-7-5-3-4-6-8-13)24-18-20-15-10-9-14(23-2)11-16(15)21-18/h9-13H,3-8H2,1-2H3,(H,19,22)(H,20,21). The van der Waals surface area contributed by atoms with E-state index < -0.39 is 0 Å². The average molecular weight is 347 g/mol. The van der Waals surface area contributed by atoms with Crippen molar-refractivity contribution in [3.63, 3.8) is 0 Å². The van der Waals surface area contributed by atoms with E-state index >= 15 is 0 Å². The SMILES string of the molecule is COc1ccc2nc(SC(C)C(=O)NC3CCCCCC3)[nH]c2c1. The number of ether oxygens (including phenoxy) is 1. The minimum atomic E-state index is -0.171. The molecule has 3 rings (SSSR count). The second-order valence-corrected chi connectivity index (χ2v) is 7.71. The Kier molecular flexibility index (Phi) is 5.66. The lowest BCUT2D eigenvalue weighted by atomic mass is 10.1. The number of methoxy groups -OCH3 is 1. The third-order valence-electron chi connectivity index (χ3n) is 4.53. The summed E-state index contributed by atoms with van der Waals surface area (Å²) in [7, 11) is 1.65. The number of hydrogen-bond donors (Lipinski definition) is 2. The van der Waals surface area contributed by atoms with Gasteiger partial charge in [0.05, 0.1) is 23.4 Å². The van der Waals surface area contributed by atoms with Gasteiger partial charge in [0.15, 0.2) is 5.16 Å². The Morgan fingerprint density at radius 2 is 2.08 bits per heavy atom. The van der Waals surface area contributed by atoms with Gasteiger partial charge >= 0.3 is 0 Å². The molecule has 0 saturated heterocycles. The summed E-state index contributed by atoms with van der Waals surface area (Å²) in [6, 6.07) is 6.07. The summed E-state index contributed by atoms with van der Waals surface area (Å²) in [5.41, 5.74) is 1.81. The molecule has 1 heterocycles. The van der Waals surface area contributed by atoms with Gasteiger partial charge in [-0.3, -0.25) is 4.79 Å². The van der Waals surface area contributed by atoms with Crippen molar-refractivity contribution in [1.82, 2.24) is 15.3 Å². The maximum absolute atomic E-state index is 12.4. The number of benzene rings is 1. The lowest BCUT2D eigenvalue weighted by Gasteiger charge is -2.18. The third kappa shape index (κ3) is 4.23. The zero-order valence-electron chi connectivity index (χ0n) is 14.3. The number of nitrogens with zero attached hydrogens (tertiary/aromatic N) is 1. The summed E-state index contributed by atoms with van der Waals surface area (Å²) >= 11 is 1.47. The van der Waals surface area contributed by atoms with Crippen LogP contribution < -0.4 is 10.1 Å². The molecule has 1 amide bonds. The van der Waals surface area contributed by atoms with Crippen molar-refractivity contribution in [2.45, 2.75) is 61.9 Å². The number of H-pyrrole nitrogens is 1. The molecule has 1 saturated carbocycles. The van der Waals surface area contributed by atoms with E-state index in [1.807, 2.05) is 25.1 Å². The third-order valence-corrected chi connectivity index (χ3v) is 5.51. The predicted octanol–water partition coefficient (Wildman–Crippen LogP) is 3.89. The number of amides is 1. The Bertz CT molecular complexity index is 693. The van der Waals surface area contributed by atoms with Crippen molar-refractivity contribution in [2.24, 2.45) is 0 Å². The summed E-state index contributed by atoms with van der Waals surface area (Å²) in [5, 5.41) is 3.80. The minimum Gasteiger partial charge on any atom is -0.497 e. The summed E-state index contributed by atoms with van der Waals surface area (Å²) in [6.07, 6.45) is 7.23. The highest BCUT2D eigenvalue weighted by Gasteiger charge is 2.20. The maximum Gasteiger partial charge on any atom is 0.233 e. The van der Waals surface area contributed by atoms with Crippen LogP contribution in [0.3, 0.4) is 0 Å². The molecule has 1 aliphatic carbocycles. The van der Waals surface area contributed by atoms with Gasteiger partial charge < -0.3 is 15.0 Å². The summed E-state index contributed by atoms with van der Waals surface area (Å²) in [4.78, 5) is 20.3. The van der Waals surface area contributed by atoms with Gasteiger partial charge in [0, 0.05) is 12.1 Å². The average Bonchev–Trinajstić information content (AvgIpc) is 2.79. The first-order chi connectivity index (χ1) is 11.7. The second-order valence-electron chi connectivity index (χ2n) is 6.38. The molecule has 130 valence electrons. The van der Waals surface area contributed by atoms with E-state index in [2.05, 4.69) is 15.3 Å². The van der Waals surface area contributed by atoms with Gasteiger partial charge in [0.1, 0.15) is 5.75 Å². The second kappa shape index (κ2) is 7.92. The fraction of sp³-hybridized carbons (Fsp3) is 0.556. The summed E-state index contributed by atoms with van der Waals surface area (Å²) in [5.74, 6) is 0.895. The number of hydrogen-bond acceptors (Lipinski definition) is 4. The molecular formula is C18H25N3O2S. The van der Waals surface area contributed by atoms with E-state index in [4.69, 9.17) is 4.74 Å². The Hall–Kier alpha value is -1.69. The van der Waals surface area contributed by atoms with E-state index in [-0.39, 0.29) is 11.2 Å². The fourth-order valence-electron chi connectivity index (χ4n) is 3.11. The Morgan fingerprint density at radius 3 is 2.79 bits per heavy atom. The van der Waals surface area contributed by atoms with Crippen LogP contribution >= 0.6 is 11.8 Å². The molecule has 0 bridgehead atoms. The van der Waals surface area contributed by atoms with Gasteiger partial charge in [-0.2, -0.15) is 0 Å². The van der Waals surface area contributed by atoms with E-state index in [1.165, 1.54) is 37.4 Å². The first kappa shape index (κ1) is 17.1. The van der Waals surface area contributed by atoms with Crippen molar-refractivity contribution in [3.8, 4) is 5.75 Å². The Balaban J connectivity index is 1.60. The molecule has 24 heavy (non-hydrogen) atoms. The quantitative estimate of drug-likeness (QED) is 0.636. The monoisotopic (exact) mass is 347 g/mol. The number of carbonyl (C=O) groups is 1. The van der Waals surface area contributed by atoms with E-state index in [1.54, 1.807) is 7.11 Å². The summed E-state index contributed by atoms with van der Waals surface area (Å²) < 4.78 is 5.23. The van der Waals surface area contributed by atoms with Gasteiger partial charge in [-0.15, -0.1) is 0 Å². The normalized spacial score (nSPS) is 17.4. The predicted molar refractivity (Wildman–Crippen MR) is 97.6 cm³/mol. The number of imidazole rings is 1.